The van der Waals surface area contributed by atoms with Crippen molar-refractivity contribution in [3.63, 3.8) is 0 Å². The average Bonchev–Trinajstić information content (AvgIpc) is 3.11. The van der Waals surface area contributed by atoms with E-state index >= 15 is 0 Å². The van der Waals surface area contributed by atoms with E-state index in [9.17, 15) is 4.79 Å². The summed E-state index contributed by atoms with van der Waals surface area (Å²) in [6.45, 7) is 2.64. The van der Waals surface area contributed by atoms with Gasteiger partial charge in [0.15, 0.2) is 0 Å². The first kappa shape index (κ1) is 17.4. The summed E-state index contributed by atoms with van der Waals surface area (Å²) in [7, 11) is 0. The number of halogens is 1. The monoisotopic (exact) mass is 373 g/mol. The molecule has 0 saturated heterocycles. The third-order valence-corrected chi connectivity index (χ3v) is 4.70. The van der Waals surface area contributed by atoms with Gasteiger partial charge >= 0.3 is 0 Å². The average molecular weight is 374 g/mol. The molecule has 3 rings (SSSR count). The summed E-state index contributed by atoms with van der Waals surface area (Å²) in [6.07, 6.45) is 3.41. The number of thiazole rings is 1. The van der Waals surface area contributed by atoms with E-state index in [0.717, 1.165) is 21.9 Å². The van der Waals surface area contributed by atoms with Gasteiger partial charge in [-0.1, -0.05) is 17.7 Å². The van der Waals surface area contributed by atoms with Gasteiger partial charge in [0.25, 0.3) is 5.91 Å². The van der Waals surface area contributed by atoms with Crippen molar-refractivity contribution in [2.24, 2.45) is 0 Å². The number of nitrogens with one attached hydrogen (secondary N) is 1. The number of ether oxygens (including phenoxy) is 1. The number of amides is 1. The summed E-state index contributed by atoms with van der Waals surface area (Å²) in [4.78, 5) is 20.5. The molecule has 1 N–H and O–H groups in total. The lowest BCUT2D eigenvalue weighted by Crippen LogP contribution is -2.23. The highest BCUT2D eigenvalue weighted by molar-refractivity contribution is 7.09. The number of nitrogens with zero attached hydrogens (tertiary/aromatic N) is 2. The van der Waals surface area contributed by atoms with Gasteiger partial charge in [0.2, 0.25) is 0 Å². The van der Waals surface area contributed by atoms with E-state index in [4.69, 9.17) is 16.3 Å². The highest BCUT2D eigenvalue weighted by Crippen LogP contribution is 2.22. The van der Waals surface area contributed by atoms with E-state index < -0.39 is 0 Å². The van der Waals surface area contributed by atoms with Crippen molar-refractivity contribution >= 4 is 28.8 Å². The number of aromatic nitrogens is 2. The molecule has 0 aliphatic rings. The fraction of sp³-hybridized carbons (Fsp3) is 0.167. The summed E-state index contributed by atoms with van der Waals surface area (Å²) >= 11 is 7.39. The lowest BCUT2D eigenvalue weighted by atomic mass is 10.2. The Bertz CT molecular complexity index is 868. The van der Waals surface area contributed by atoms with E-state index in [-0.39, 0.29) is 5.91 Å². The smallest absolute Gasteiger partial charge is 0.271 e. The lowest BCUT2D eigenvalue weighted by molar-refractivity contribution is 0.0946. The second kappa shape index (κ2) is 8.09. The topological polar surface area (TPSA) is 64.1 Å². The van der Waals surface area contributed by atoms with Gasteiger partial charge in [-0.2, -0.15) is 0 Å². The molecule has 0 aliphatic heterocycles. The van der Waals surface area contributed by atoms with Gasteiger partial charge in [0.05, 0.1) is 0 Å². The third kappa shape index (κ3) is 4.78. The standard InChI is InChI=1S/C18H16ClN3O2S/c1-12-7-14(4-5-15(12)19)24-10-17-22-16(11-25-17)18(23)21-9-13-3-2-6-20-8-13/h2-8,11H,9-10H2,1H3,(H,21,23). The Hall–Kier alpha value is -2.44. The minimum Gasteiger partial charge on any atom is -0.486 e. The molecule has 0 bridgehead atoms. The van der Waals surface area contributed by atoms with E-state index in [2.05, 4.69) is 15.3 Å². The maximum atomic E-state index is 12.1. The van der Waals surface area contributed by atoms with Gasteiger partial charge in [-0.3, -0.25) is 9.78 Å². The Kier molecular flexibility index (Phi) is 5.63. The molecule has 0 aliphatic carbocycles. The van der Waals surface area contributed by atoms with Crippen molar-refractivity contribution in [2.45, 2.75) is 20.1 Å². The second-order valence-electron chi connectivity index (χ2n) is 5.37. The van der Waals surface area contributed by atoms with Crippen LogP contribution in [0.2, 0.25) is 5.02 Å². The molecular formula is C18H16ClN3O2S. The van der Waals surface area contributed by atoms with Crippen molar-refractivity contribution in [1.82, 2.24) is 15.3 Å². The molecule has 7 heteroatoms. The van der Waals surface area contributed by atoms with Gasteiger partial charge < -0.3 is 10.1 Å². The molecule has 1 aromatic carbocycles. The molecule has 128 valence electrons. The minimum atomic E-state index is -0.214. The van der Waals surface area contributed by atoms with E-state index in [1.54, 1.807) is 23.8 Å². The predicted octanol–water partition coefficient (Wildman–Crippen LogP) is 4.01. The highest BCUT2D eigenvalue weighted by atomic mass is 35.5. The number of benzene rings is 1. The molecule has 1 amide bonds. The zero-order valence-corrected chi connectivity index (χ0v) is 15.1. The maximum absolute atomic E-state index is 12.1. The number of pyridine rings is 1. The first-order chi connectivity index (χ1) is 12.1. The van der Waals surface area contributed by atoms with Gasteiger partial charge in [0, 0.05) is 29.3 Å². The quantitative estimate of drug-likeness (QED) is 0.709. The van der Waals surface area contributed by atoms with Crippen molar-refractivity contribution < 1.29 is 9.53 Å². The summed E-state index contributed by atoms with van der Waals surface area (Å²) in [5.41, 5.74) is 2.28. The number of hydrogen-bond acceptors (Lipinski definition) is 5. The Morgan fingerprint density at radius 2 is 2.24 bits per heavy atom. The summed E-state index contributed by atoms with van der Waals surface area (Å²) in [5, 5.41) is 5.99. The number of hydrogen-bond donors (Lipinski definition) is 1. The zero-order chi connectivity index (χ0) is 17.6. The largest absolute Gasteiger partial charge is 0.486 e. The number of carbonyl (C=O) groups is 1. The van der Waals surface area contributed by atoms with Gasteiger partial charge in [-0.05, 0) is 42.3 Å². The molecule has 5 nitrogen and oxygen atoms in total. The molecule has 3 aromatic rings. The van der Waals surface area contributed by atoms with Crippen LogP contribution in [0.25, 0.3) is 0 Å². The molecule has 0 atom stereocenters. The molecule has 0 unspecified atom stereocenters. The number of carbonyl (C=O) groups excluding carboxylic acids is 1. The number of rotatable bonds is 6. The fourth-order valence-electron chi connectivity index (χ4n) is 2.11. The van der Waals surface area contributed by atoms with Crippen molar-refractivity contribution in [1.29, 1.82) is 0 Å². The zero-order valence-electron chi connectivity index (χ0n) is 13.5. The molecule has 2 aromatic heterocycles. The van der Waals surface area contributed by atoms with Gasteiger partial charge in [-0.25, -0.2) is 4.98 Å². The van der Waals surface area contributed by atoms with Crippen LogP contribution >= 0.6 is 22.9 Å². The first-order valence-corrected chi connectivity index (χ1v) is 8.88. The molecule has 0 radical (unpaired) electrons. The Morgan fingerprint density at radius 1 is 1.36 bits per heavy atom. The number of aryl methyl sites for hydroxylation is 1. The van der Waals surface area contributed by atoms with Gasteiger partial charge in [-0.15, -0.1) is 11.3 Å². The highest BCUT2D eigenvalue weighted by Gasteiger charge is 2.11. The van der Waals surface area contributed by atoms with Crippen LogP contribution in [0.1, 0.15) is 26.6 Å². The lowest BCUT2D eigenvalue weighted by Gasteiger charge is -2.06. The van der Waals surface area contributed by atoms with Gasteiger partial charge in [0.1, 0.15) is 23.1 Å². The van der Waals surface area contributed by atoms with E-state index in [0.29, 0.717) is 23.9 Å². The van der Waals surface area contributed by atoms with E-state index in [1.165, 1.54) is 11.3 Å². The first-order valence-electron chi connectivity index (χ1n) is 7.62. The summed E-state index contributed by atoms with van der Waals surface area (Å²) < 4.78 is 5.70. The van der Waals surface area contributed by atoms with Crippen molar-refractivity contribution in [3.05, 3.63) is 75.0 Å². The van der Waals surface area contributed by atoms with Crippen molar-refractivity contribution in [2.75, 3.05) is 0 Å². The predicted molar refractivity (Wildman–Crippen MR) is 98.0 cm³/mol. The fourth-order valence-corrected chi connectivity index (χ4v) is 2.91. The summed E-state index contributed by atoms with van der Waals surface area (Å²) in [6, 6.07) is 9.22. The minimum absolute atomic E-state index is 0.214. The molecule has 0 fully saturated rings. The molecule has 2 heterocycles. The molecule has 0 saturated carbocycles. The second-order valence-corrected chi connectivity index (χ2v) is 6.72. The summed E-state index contributed by atoms with van der Waals surface area (Å²) in [5.74, 6) is 0.508. The Morgan fingerprint density at radius 3 is 3.00 bits per heavy atom. The van der Waals surface area contributed by atoms with Crippen LogP contribution in [0, 0.1) is 6.92 Å². The third-order valence-electron chi connectivity index (χ3n) is 3.45. The van der Waals surface area contributed by atoms with Crippen LogP contribution in [-0.2, 0) is 13.2 Å². The normalized spacial score (nSPS) is 10.5. The van der Waals surface area contributed by atoms with Crippen LogP contribution in [0.5, 0.6) is 5.75 Å². The SMILES string of the molecule is Cc1cc(OCc2nc(C(=O)NCc3cccnc3)cs2)ccc1Cl. The molecular weight excluding hydrogens is 358 g/mol. The van der Waals surface area contributed by atoms with Crippen LogP contribution in [-0.4, -0.2) is 15.9 Å². The van der Waals surface area contributed by atoms with Crippen LogP contribution in [0.15, 0.2) is 48.1 Å². The van der Waals surface area contributed by atoms with Crippen LogP contribution < -0.4 is 10.1 Å². The molecule has 0 spiro atoms. The van der Waals surface area contributed by atoms with E-state index in [1.807, 2.05) is 31.2 Å². The van der Waals surface area contributed by atoms with Crippen molar-refractivity contribution in [3.8, 4) is 5.75 Å². The maximum Gasteiger partial charge on any atom is 0.271 e. The Balaban J connectivity index is 1.54. The molecule has 25 heavy (non-hydrogen) atoms. The van der Waals surface area contributed by atoms with Crippen LogP contribution in [0.3, 0.4) is 0 Å². The Labute approximate surface area is 154 Å². The van der Waals surface area contributed by atoms with Crippen LogP contribution in [0.4, 0.5) is 0 Å².